The van der Waals surface area contributed by atoms with Crippen LogP contribution in [0.2, 0.25) is 7.93 Å². The molecule has 0 heterocycles. The Kier molecular flexibility index (Phi) is 8.43. The molecule has 0 spiro atoms. The molecule has 2 heteroatoms. The minimum atomic E-state index is 0.332. The van der Waals surface area contributed by atoms with E-state index < -0.39 is 0 Å². The molecule has 130 valence electrons. The predicted molar refractivity (Wildman–Crippen MR) is 102 cm³/mol. The fourth-order valence-electron chi connectivity index (χ4n) is 4.59. The van der Waals surface area contributed by atoms with Gasteiger partial charge in [-0.15, -0.1) is 0 Å². The van der Waals surface area contributed by atoms with E-state index in [0.29, 0.717) is 34.1 Å². The fourth-order valence-corrected chi connectivity index (χ4v) is 25.1. The van der Waals surface area contributed by atoms with E-state index >= 15 is 0 Å². The van der Waals surface area contributed by atoms with Crippen LogP contribution < -0.4 is 0 Å². The first-order valence-corrected chi connectivity index (χ1v) is 19.7. The summed E-state index contributed by atoms with van der Waals surface area (Å²) in [6.07, 6.45) is 9.34. The van der Waals surface area contributed by atoms with Gasteiger partial charge < -0.3 is 0 Å². The molecule has 22 heavy (non-hydrogen) atoms. The van der Waals surface area contributed by atoms with Gasteiger partial charge in [0.25, 0.3) is 0 Å². The Bertz CT molecular complexity index is 294. The molecule has 2 rings (SSSR count). The van der Waals surface area contributed by atoms with Crippen molar-refractivity contribution in [1.29, 1.82) is 0 Å². The summed E-state index contributed by atoms with van der Waals surface area (Å²) in [5.74, 6) is 6.15. The quantitative estimate of drug-likeness (QED) is 0.376. The second-order valence-corrected chi connectivity index (χ2v) is 20.8. The molecule has 0 nitrogen and oxygen atoms in total. The predicted octanol–water partition coefficient (Wildman–Crippen LogP) is 6.07. The van der Waals surface area contributed by atoms with Crippen LogP contribution in [0.1, 0.15) is 80.1 Å². The molecule has 0 aromatic heterocycles. The number of hydrogen-bond acceptors (Lipinski definition) is 0. The molecule has 0 saturated heterocycles. The van der Waals surface area contributed by atoms with Gasteiger partial charge in [-0.1, -0.05) is 0 Å². The third-order valence-electron chi connectivity index (χ3n) is 6.23. The van der Waals surface area contributed by atoms with Crippen molar-refractivity contribution in [3.8, 4) is 0 Å². The molecule has 0 aromatic carbocycles. The molecule has 6 atom stereocenters. The monoisotopic (exact) mass is 538 g/mol. The van der Waals surface area contributed by atoms with Gasteiger partial charge in [0.15, 0.2) is 0 Å². The van der Waals surface area contributed by atoms with Crippen molar-refractivity contribution in [2.24, 2.45) is 35.5 Å². The first-order valence-electron chi connectivity index (χ1n) is 9.70. The standard InChI is InChI=1S/C20H38Te2/c1-13(2)17-9-7-15(5)11-19(17)21-22-20-12-16(6)8-10-18(20)14(3)4/h13-20H,7-12H2,1-6H3/t15-,16-,17+,18+,19+,20+/m1/s1. The first kappa shape index (κ1) is 19.9. The van der Waals surface area contributed by atoms with Crippen LogP contribution in [-0.4, -0.2) is 34.1 Å². The van der Waals surface area contributed by atoms with Gasteiger partial charge in [-0.2, -0.15) is 0 Å². The van der Waals surface area contributed by atoms with Gasteiger partial charge in [0, 0.05) is 0 Å². The van der Waals surface area contributed by atoms with Crippen LogP contribution in [0.5, 0.6) is 0 Å². The van der Waals surface area contributed by atoms with Gasteiger partial charge in [-0.25, -0.2) is 0 Å². The summed E-state index contributed by atoms with van der Waals surface area (Å²) in [7, 11) is 0. The average Bonchev–Trinajstić information content (AvgIpc) is 2.44. The Morgan fingerprint density at radius 3 is 1.32 bits per heavy atom. The van der Waals surface area contributed by atoms with E-state index in [0.717, 1.165) is 35.5 Å². The molecular formula is C20H38Te2. The Morgan fingerprint density at radius 1 is 0.636 bits per heavy atom. The van der Waals surface area contributed by atoms with E-state index in [4.69, 9.17) is 0 Å². The molecule has 0 radical (unpaired) electrons. The van der Waals surface area contributed by atoms with Crippen molar-refractivity contribution in [2.45, 2.75) is 88.0 Å². The summed E-state index contributed by atoms with van der Waals surface area (Å²) in [6.45, 7) is 15.1. The van der Waals surface area contributed by atoms with E-state index in [1.54, 1.807) is 25.7 Å². The normalized spacial score (nSPS) is 40.4. The van der Waals surface area contributed by atoms with Crippen LogP contribution in [0, 0.1) is 35.5 Å². The molecule has 0 unspecified atom stereocenters. The van der Waals surface area contributed by atoms with Gasteiger partial charge in [-0.05, 0) is 0 Å². The molecule has 0 bridgehead atoms. The molecule has 0 amide bonds. The van der Waals surface area contributed by atoms with Crippen LogP contribution in [0.4, 0.5) is 0 Å². The van der Waals surface area contributed by atoms with Crippen LogP contribution in [0.25, 0.3) is 0 Å². The van der Waals surface area contributed by atoms with E-state index in [1.807, 2.05) is 0 Å². The number of hydrogen-bond donors (Lipinski definition) is 0. The third-order valence-corrected chi connectivity index (χ3v) is 22.6. The van der Waals surface area contributed by atoms with Crippen LogP contribution >= 0.6 is 0 Å². The zero-order chi connectivity index (χ0) is 16.3. The van der Waals surface area contributed by atoms with E-state index in [9.17, 15) is 0 Å². The van der Waals surface area contributed by atoms with Crippen LogP contribution in [0.3, 0.4) is 0 Å². The van der Waals surface area contributed by atoms with E-state index in [2.05, 4.69) is 41.5 Å². The minimum absolute atomic E-state index is 0.332. The molecule has 2 fully saturated rings. The third kappa shape index (κ3) is 5.55. The maximum absolute atomic E-state index is 2.52. The summed E-state index contributed by atoms with van der Waals surface area (Å²) >= 11 is 0.665. The summed E-state index contributed by atoms with van der Waals surface area (Å²) in [5.41, 5.74) is 0. The zero-order valence-corrected chi connectivity index (χ0v) is 20.3. The summed E-state index contributed by atoms with van der Waals surface area (Å²) in [5, 5.41) is 0. The van der Waals surface area contributed by atoms with Gasteiger partial charge in [0.05, 0.1) is 0 Å². The van der Waals surface area contributed by atoms with Crippen molar-refractivity contribution in [1.82, 2.24) is 0 Å². The Labute approximate surface area is 156 Å². The van der Waals surface area contributed by atoms with Crippen LogP contribution in [0.15, 0.2) is 0 Å². The second-order valence-electron chi connectivity index (χ2n) is 8.92. The molecule has 2 aliphatic rings. The summed E-state index contributed by atoms with van der Waals surface area (Å²) in [6, 6.07) is 0. The molecule has 0 N–H and O–H groups in total. The van der Waals surface area contributed by atoms with Crippen molar-refractivity contribution >= 4 is 34.1 Å². The van der Waals surface area contributed by atoms with Gasteiger partial charge in [-0.3, -0.25) is 0 Å². The molecule has 2 saturated carbocycles. The molecule has 0 aromatic rings. The van der Waals surface area contributed by atoms with Gasteiger partial charge in [0.2, 0.25) is 0 Å². The van der Waals surface area contributed by atoms with Crippen molar-refractivity contribution < 1.29 is 0 Å². The molecular weight excluding hydrogens is 495 g/mol. The summed E-state index contributed by atoms with van der Waals surface area (Å²) < 4.78 is 2.42. The van der Waals surface area contributed by atoms with E-state index in [-0.39, 0.29) is 0 Å². The molecule has 0 aliphatic heterocycles. The zero-order valence-electron chi connectivity index (χ0n) is 15.7. The first-order chi connectivity index (χ1) is 10.4. The maximum atomic E-state index is 2.52. The Balaban J connectivity index is 1.93. The van der Waals surface area contributed by atoms with Crippen molar-refractivity contribution in [3.05, 3.63) is 0 Å². The second kappa shape index (κ2) is 9.32. The van der Waals surface area contributed by atoms with Gasteiger partial charge in [0.1, 0.15) is 0 Å². The topological polar surface area (TPSA) is 0 Å². The van der Waals surface area contributed by atoms with Crippen molar-refractivity contribution in [2.75, 3.05) is 0 Å². The van der Waals surface area contributed by atoms with Crippen molar-refractivity contribution in [3.63, 3.8) is 0 Å². The average molecular weight is 534 g/mol. The summed E-state index contributed by atoms with van der Waals surface area (Å²) in [4.78, 5) is 0. The Hall–Kier alpha value is 1.58. The fraction of sp³-hybridized carbons (Fsp3) is 1.00. The number of rotatable bonds is 5. The van der Waals surface area contributed by atoms with Gasteiger partial charge >= 0.3 is 158 Å². The molecule has 2 aliphatic carbocycles. The Morgan fingerprint density at radius 2 is 1.00 bits per heavy atom. The van der Waals surface area contributed by atoms with Crippen LogP contribution in [-0.2, 0) is 0 Å². The SMILES string of the molecule is CC(C)[C@@H]1CC[C@@H](C)C[C@@H]1[Te][Te][C@H]1C[C@H](C)CC[C@H]1C(C)C. The van der Waals surface area contributed by atoms with E-state index in [1.165, 1.54) is 20.8 Å².